The van der Waals surface area contributed by atoms with Crippen molar-refractivity contribution in [3.8, 4) is 0 Å². The van der Waals surface area contributed by atoms with Crippen molar-refractivity contribution >= 4 is 5.69 Å². The van der Waals surface area contributed by atoms with Crippen molar-refractivity contribution in [1.29, 1.82) is 0 Å². The largest absolute Gasteiger partial charge is 0.372 e. The lowest BCUT2D eigenvalue weighted by Crippen LogP contribution is -2.48. The first-order valence-electron chi connectivity index (χ1n) is 7.85. The molecule has 0 radical (unpaired) electrons. The lowest BCUT2D eigenvalue weighted by molar-refractivity contribution is -0.0277. The van der Waals surface area contributed by atoms with Crippen LogP contribution < -0.4 is 10.2 Å². The van der Waals surface area contributed by atoms with Crippen molar-refractivity contribution in [2.45, 2.75) is 45.8 Å². The summed E-state index contributed by atoms with van der Waals surface area (Å²) in [5.41, 5.74) is 1.56. The Labute approximate surface area is 127 Å². The van der Waals surface area contributed by atoms with Crippen molar-refractivity contribution in [3.05, 3.63) is 29.6 Å². The lowest BCUT2D eigenvalue weighted by atomic mass is 10.0. The van der Waals surface area contributed by atoms with Gasteiger partial charge in [-0.2, -0.15) is 0 Å². The number of benzene rings is 1. The Bertz CT molecular complexity index is 476. The van der Waals surface area contributed by atoms with E-state index in [1.54, 1.807) is 12.1 Å². The van der Waals surface area contributed by atoms with E-state index in [1.165, 1.54) is 0 Å². The minimum absolute atomic E-state index is 0.00658. The highest BCUT2D eigenvalue weighted by atomic mass is 19.1. The molecule has 2 rings (SSSR count). The predicted octanol–water partition coefficient (Wildman–Crippen LogP) is 3.50. The summed E-state index contributed by atoms with van der Waals surface area (Å²) >= 11 is 0. The molecule has 1 heterocycles. The molecule has 1 N–H and O–H groups in total. The lowest BCUT2D eigenvalue weighted by Gasteiger charge is -2.40. The van der Waals surface area contributed by atoms with E-state index in [9.17, 15) is 4.39 Å². The normalized spacial score (nSPS) is 19.6. The quantitative estimate of drug-likeness (QED) is 0.899. The first-order chi connectivity index (χ1) is 9.94. The van der Waals surface area contributed by atoms with Crippen LogP contribution in [-0.4, -0.2) is 31.8 Å². The van der Waals surface area contributed by atoms with Crippen LogP contribution in [0.5, 0.6) is 0 Å². The topological polar surface area (TPSA) is 24.5 Å². The van der Waals surface area contributed by atoms with Crippen LogP contribution in [0.25, 0.3) is 0 Å². The van der Waals surface area contributed by atoms with Gasteiger partial charge in [0, 0.05) is 30.4 Å². The van der Waals surface area contributed by atoms with E-state index in [0.717, 1.165) is 37.3 Å². The molecule has 0 spiro atoms. The molecule has 0 saturated carbocycles. The highest BCUT2D eigenvalue weighted by molar-refractivity contribution is 5.56. The summed E-state index contributed by atoms with van der Waals surface area (Å²) in [7, 11) is 0. The SMILES string of the molecule is CCCNC(C)c1c(F)cccc1N1CCOC(C)(C)C1. The van der Waals surface area contributed by atoms with Gasteiger partial charge in [-0.3, -0.25) is 0 Å². The summed E-state index contributed by atoms with van der Waals surface area (Å²) < 4.78 is 20.1. The van der Waals surface area contributed by atoms with E-state index in [4.69, 9.17) is 4.74 Å². The molecule has 0 aliphatic carbocycles. The average molecular weight is 294 g/mol. The zero-order valence-electron chi connectivity index (χ0n) is 13.6. The monoisotopic (exact) mass is 294 g/mol. The maximum Gasteiger partial charge on any atom is 0.130 e. The van der Waals surface area contributed by atoms with Gasteiger partial charge in [0.05, 0.1) is 12.2 Å². The fraction of sp³-hybridized carbons (Fsp3) is 0.647. The number of ether oxygens (including phenoxy) is 1. The van der Waals surface area contributed by atoms with E-state index >= 15 is 0 Å². The van der Waals surface area contributed by atoms with Crippen LogP contribution in [0.15, 0.2) is 18.2 Å². The molecule has 118 valence electrons. The molecule has 0 bridgehead atoms. The standard InChI is InChI=1S/C17H27FN2O/c1-5-9-19-13(2)16-14(18)7-6-8-15(16)20-10-11-21-17(3,4)12-20/h6-8,13,19H,5,9-12H2,1-4H3. The Balaban J connectivity index is 2.28. The first kappa shape index (κ1) is 16.2. The maximum absolute atomic E-state index is 14.4. The van der Waals surface area contributed by atoms with Crippen molar-refractivity contribution in [3.63, 3.8) is 0 Å². The molecular weight excluding hydrogens is 267 g/mol. The van der Waals surface area contributed by atoms with Crippen LogP contribution in [0.3, 0.4) is 0 Å². The van der Waals surface area contributed by atoms with Gasteiger partial charge in [0.15, 0.2) is 0 Å². The van der Waals surface area contributed by atoms with Crippen LogP contribution in [0.4, 0.5) is 10.1 Å². The third kappa shape index (κ3) is 3.95. The number of hydrogen-bond acceptors (Lipinski definition) is 3. The predicted molar refractivity (Wildman–Crippen MR) is 85.4 cm³/mol. The van der Waals surface area contributed by atoms with Gasteiger partial charge in [-0.15, -0.1) is 0 Å². The highest BCUT2D eigenvalue weighted by Crippen LogP contribution is 2.31. The van der Waals surface area contributed by atoms with E-state index in [0.29, 0.717) is 6.61 Å². The van der Waals surface area contributed by atoms with Crippen LogP contribution in [-0.2, 0) is 4.74 Å². The number of anilines is 1. The van der Waals surface area contributed by atoms with Gasteiger partial charge >= 0.3 is 0 Å². The van der Waals surface area contributed by atoms with Gasteiger partial charge in [0.1, 0.15) is 5.82 Å². The second kappa shape index (κ2) is 6.75. The molecular formula is C17H27FN2O. The van der Waals surface area contributed by atoms with Gasteiger partial charge in [-0.1, -0.05) is 13.0 Å². The second-order valence-electron chi connectivity index (χ2n) is 6.38. The number of nitrogens with one attached hydrogen (secondary N) is 1. The van der Waals surface area contributed by atoms with Crippen LogP contribution in [0, 0.1) is 5.82 Å². The Kier molecular flexibility index (Phi) is 5.22. The smallest absolute Gasteiger partial charge is 0.130 e. The van der Waals surface area contributed by atoms with E-state index < -0.39 is 0 Å². The van der Waals surface area contributed by atoms with E-state index in [1.807, 2.05) is 13.0 Å². The summed E-state index contributed by atoms with van der Waals surface area (Å²) in [6.07, 6.45) is 1.04. The minimum atomic E-state index is -0.193. The number of rotatable bonds is 5. The Hall–Kier alpha value is -1.13. The molecule has 1 atom stereocenters. The van der Waals surface area contributed by atoms with Crippen molar-refractivity contribution in [2.24, 2.45) is 0 Å². The third-order valence-electron chi connectivity index (χ3n) is 3.93. The number of hydrogen-bond donors (Lipinski definition) is 1. The number of nitrogens with zero attached hydrogens (tertiary/aromatic N) is 1. The molecule has 1 saturated heterocycles. The highest BCUT2D eigenvalue weighted by Gasteiger charge is 2.29. The van der Waals surface area contributed by atoms with Gasteiger partial charge in [0.2, 0.25) is 0 Å². The van der Waals surface area contributed by atoms with Gasteiger partial charge in [0.25, 0.3) is 0 Å². The summed E-state index contributed by atoms with van der Waals surface area (Å²) in [5, 5.41) is 3.39. The second-order valence-corrected chi connectivity index (χ2v) is 6.38. The number of halogens is 1. The zero-order chi connectivity index (χ0) is 15.5. The molecule has 1 aliphatic rings. The van der Waals surface area contributed by atoms with Gasteiger partial charge in [-0.25, -0.2) is 4.39 Å². The Morgan fingerprint density at radius 2 is 2.19 bits per heavy atom. The Morgan fingerprint density at radius 3 is 2.86 bits per heavy atom. The van der Waals surface area contributed by atoms with E-state index in [-0.39, 0.29) is 17.5 Å². The third-order valence-corrected chi connectivity index (χ3v) is 3.93. The van der Waals surface area contributed by atoms with E-state index in [2.05, 4.69) is 31.0 Å². The van der Waals surface area contributed by atoms with Crippen LogP contribution >= 0.6 is 0 Å². The molecule has 4 heteroatoms. The molecule has 1 aromatic rings. The summed E-state index contributed by atoms with van der Waals surface area (Å²) in [6, 6.07) is 5.37. The molecule has 1 fully saturated rings. The molecule has 1 unspecified atom stereocenters. The van der Waals surface area contributed by atoms with Gasteiger partial charge in [-0.05, 0) is 45.9 Å². The summed E-state index contributed by atoms with van der Waals surface area (Å²) in [5.74, 6) is -0.132. The number of morpholine rings is 1. The van der Waals surface area contributed by atoms with Gasteiger partial charge < -0.3 is 15.0 Å². The summed E-state index contributed by atoms with van der Waals surface area (Å²) in [4.78, 5) is 2.24. The fourth-order valence-electron chi connectivity index (χ4n) is 2.92. The molecule has 3 nitrogen and oxygen atoms in total. The summed E-state index contributed by atoms with van der Waals surface area (Å²) in [6.45, 7) is 11.5. The van der Waals surface area contributed by atoms with Crippen molar-refractivity contribution in [1.82, 2.24) is 5.32 Å². The van der Waals surface area contributed by atoms with Crippen molar-refractivity contribution in [2.75, 3.05) is 31.1 Å². The molecule has 21 heavy (non-hydrogen) atoms. The molecule has 0 amide bonds. The van der Waals surface area contributed by atoms with Crippen molar-refractivity contribution < 1.29 is 9.13 Å². The maximum atomic E-state index is 14.4. The van der Waals surface area contributed by atoms with Crippen LogP contribution in [0.2, 0.25) is 0 Å². The van der Waals surface area contributed by atoms with Crippen LogP contribution in [0.1, 0.15) is 45.7 Å². The molecule has 0 aromatic heterocycles. The minimum Gasteiger partial charge on any atom is -0.372 e. The average Bonchev–Trinajstić information content (AvgIpc) is 2.43. The Morgan fingerprint density at radius 1 is 1.43 bits per heavy atom. The fourth-order valence-corrected chi connectivity index (χ4v) is 2.92. The molecule has 1 aromatic carbocycles. The molecule has 1 aliphatic heterocycles. The first-order valence-corrected chi connectivity index (χ1v) is 7.85. The zero-order valence-corrected chi connectivity index (χ0v) is 13.6.